The number of rotatable bonds is 7. The number of amides is 1. The highest BCUT2D eigenvalue weighted by atomic mass is 79.9. The van der Waals surface area contributed by atoms with E-state index in [1.807, 2.05) is 30.3 Å². The molecule has 4 fully saturated rings. The third-order valence-electron chi connectivity index (χ3n) is 7.99. The van der Waals surface area contributed by atoms with E-state index in [0.29, 0.717) is 16.6 Å². The number of fused-ring (bicyclic) bond motifs is 3. The van der Waals surface area contributed by atoms with Crippen LogP contribution >= 0.6 is 0 Å². The Morgan fingerprint density at radius 2 is 1.71 bits per heavy atom. The highest BCUT2D eigenvalue weighted by molar-refractivity contribution is 5.89. The number of ether oxygens (including phenoxy) is 1. The summed E-state index contributed by atoms with van der Waals surface area (Å²) in [7, 11) is 0. The van der Waals surface area contributed by atoms with Gasteiger partial charge in [-0.05, 0) is 18.4 Å². The number of quaternary nitrogens is 1. The maximum Gasteiger partial charge on any atom is 0.343 e. The number of nitrogens with one attached hydrogen (secondary N) is 1. The SMILES string of the molecule is O=C(C[N+]12CCC(CC1)[C@@H](OC(=O)C(O)(c1ccccc1)C1CCCC1)C2)Nc1ncncn1.[Br-]. The summed E-state index contributed by atoms with van der Waals surface area (Å²) < 4.78 is 6.68. The lowest BCUT2D eigenvalue weighted by Gasteiger charge is -2.51. The largest absolute Gasteiger partial charge is 1.00 e. The van der Waals surface area contributed by atoms with Gasteiger partial charge < -0.3 is 31.3 Å². The van der Waals surface area contributed by atoms with Crippen molar-refractivity contribution < 1.29 is 40.9 Å². The number of halogens is 1. The molecule has 10 heteroatoms. The van der Waals surface area contributed by atoms with E-state index in [4.69, 9.17) is 4.74 Å². The second-order valence-electron chi connectivity index (χ2n) is 10.0. The summed E-state index contributed by atoms with van der Waals surface area (Å²) in [4.78, 5) is 38.0. The van der Waals surface area contributed by atoms with Crippen molar-refractivity contribution >= 4 is 17.8 Å². The van der Waals surface area contributed by atoms with Crippen molar-refractivity contribution in [2.45, 2.75) is 50.2 Å². The molecule has 188 valence electrons. The molecule has 35 heavy (non-hydrogen) atoms. The van der Waals surface area contributed by atoms with E-state index in [2.05, 4.69) is 20.3 Å². The van der Waals surface area contributed by atoms with Crippen molar-refractivity contribution in [3.05, 3.63) is 48.5 Å². The van der Waals surface area contributed by atoms with Crippen molar-refractivity contribution in [2.75, 3.05) is 31.5 Å². The van der Waals surface area contributed by atoms with Crippen LogP contribution in [0.1, 0.15) is 44.1 Å². The lowest BCUT2D eigenvalue weighted by molar-refractivity contribution is -0.939. The Bertz CT molecular complexity index is 1010. The smallest absolute Gasteiger partial charge is 0.343 e. The average molecular weight is 546 g/mol. The fourth-order valence-corrected chi connectivity index (χ4v) is 6.13. The zero-order valence-electron chi connectivity index (χ0n) is 19.7. The molecule has 1 aromatic heterocycles. The van der Waals surface area contributed by atoms with Crippen LogP contribution in [0.3, 0.4) is 0 Å². The molecule has 3 saturated heterocycles. The molecule has 9 nitrogen and oxygen atoms in total. The molecule has 2 atom stereocenters. The number of nitrogens with zero attached hydrogens (tertiary/aromatic N) is 4. The number of carbonyl (C=O) groups is 2. The summed E-state index contributed by atoms with van der Waals surface area (Å²) in [5, 5.41) is 14.5. The van der Waals surface area contributed by atoms with Crippen LogP contribution in [0.4, 0.5) is 5.95 Å². The van der Waals surface area contributed by atoms with Gasteiger partial charge in [0.1, 0.15) is 19.2 Å². The topological polar surface area (TPSA) is 114 Å². The Morgan fingerprint density at radius 3 is 2.37 bits per heavy atom. The van der Waals surface area contributed by atoms with E-state index in [-0.39, 0.29) is 53.3 Å². The zero-order valence-corrected chi connectivity index (χ0v) is 21.3. The van der Waals surface area contributed by atoms with Gasteiger partial charge in [0, 0.05) is 24.7 Å². The quantitative estimate of drug-likeness (QED) is 0.340. The van der Waals surface area contributed by atoms with Crippen LogP contribution in [-0.2, 0) is 19.9 Å². The minimum absolute atomic E-state index is 0. The van der Waals surface area contributed by atoms with Gasteiger partial charge in [-0.15, -0.1) is 0 Å². The molecule has 1 aliphatic carbocycles. The number of hydrogen-bond donors (Lipinski definition) is 2. The molecule has 4 aliphatic rings. The van der Waals surface area contributed by atoms with Crippen molar-refractivity contribution in [3.63, 3.8) is 0 Å². The van der Waals surface area contributed by atoms with E-state index in [1.54, 1.807) is 0 Å². The van der Waals surface area contributed by atoms with E-state index in [1.165, 1.54) is 12.7 Å². The normalized spacial score (nSPS) is 27.5. The number of benzene rings is 1. The standard InChI is InChI=1S/C25H31N5O4.BrH/c31-22(29-24-27-16-26-17-28-24)15-30-12-10-18(11-13-30)21(14-30)34-23(32)25(33,20-8-4-5-9-20)19-6-2-1-3-7-19;/h1-3,6-7,16-18,20-21,33H,4-5,8-15H2;1H/t18?,21-,25?,30?;/m0./s1. The Morgan fingerprint density at radius 1 is 1.06 bits per heavy atom. The van der Waals surface area contributed by atoms with E-state index < -0.39 is 11.6 Å². The number of carbonyl (C=O) groups excluding carboxylic acids is 2. The van der Waals surface area contributed by atoms with E-state index in [0.717, 1.165) is 51.6 Å². The second-order valence-corrected chi connectivity index (χ2v) is 10.0. The summed E-state index contributed by atoms with van der Waals surface area (Å²) in [6.07, 6.45) is 7.80. The number of aliphatic hydroxyl groups is 1. The van der Waals surface area contributed by atoms with Crippen LogP contribution < -0.4 is 22.3 Å². The van der Waals surface area contributed by atoms with Gasteiger partial charge in [-0.1, -0.05) is 43.2 Å². The number of piperidine rings is 3. The van der Waals surface area contributed by atoms with E-state index in [9.17, 15) is 14.7 Å². The van der Waals surface area contributed by atoms with Crippen LogP contribution in [-0.4, -0.2) is 68.7 Å². The molecule has 0 radical (unpaired) electrons. The highest BCUT2D eigenvalue weighted by Crippen LogP contribution is 2.43. The minimum atomic E-state index is -1.63. The number of aromatic nitrogens is 3. The predicted octanol–water partition coefficient (Wildman–Crippen LogP) is -0.956. The van der Waals surface area contributed by atoms with Gasteiger partial charge >= 0.3 is 5.97 Å². The van der Waals surface area contributed by atoms with Gasteiger partial charge in [0.05, 0.1) is 13.1 Å². The van der Waals surface area contributed by atoms with Crippen LogP contribution in [0.5, 0.6) is 0 Å². The van der Waals surface area contributed by atoms with Crippen LogP contribution in [0.25, 0.3) is 0 Å². The third-order valence-corrected chi connectivity index (χ3v) is 7.99. The van der Waals surface area contributed by atoms with Crippen molar-refractivity contribution in [1.82, 2.24) is 15.0 Å². The first-order valence-corrected chi connectivity index (χ1v) is 12.2. The third kappa shape index (κ3) is 5.24. The molecular formula is C25H32BrN5O4. The number of esters is 1. The van der Waals surface area contributed by atoms with Gasteiger partial charge in [0.2, 0.25) is 5.95 Å². The monoisotopic (exact) mass is 545 g/mol. The molecule has 1 aromatic carbocycles. The number of anilines is 1. The fourth-order valence-electron chi connectivity index (χ4n) is 6.13. The van der Waals surface area contributed by atoms with Crippen LogP contribution in [0.2, 0.25) is 0 Å². The summed E-state index contributed by atoms with van der Waals surface area (Å²) in [6.45, 7) is 2.60. The molecule has 1 amide bonds. The Hall–Kier alpha value is -2.43. The molecule has 1 unspecified atom stereocenters. The summed E-state index contributed by atoms with van der Waals surface area (Å²) >= 11 is 0. The fraction of sp³-hybridized carbons (Fsp3) is 0.560. The number of hydrogen-bond acceptors (Lipinski definition) is 7. The van der Waals surface area contributed by atoms with Gasteiger partial charge in [0.15, 0.2) is 18.2 Å². The van der Waals surface area contributed by atoms with Crippen molar-refractivity contribution in [3.8, 4) is 0 Å². The van der Waals surface area contributed by atoms with Crippen LogP contribution in [0.15, 0.2) is 43.0 Å². The molecule has 2 N–H and O–H groups in total. The van der Waals surface area contributed by atoms with E-state index >= 15 is 0 Å². The lowest BCUT2D eigenvalue weighted by atomic mass is 9.79. The summed E-state index contributed by atoms with van der Waals surface area (Å²) in [6, 6.07) is 9.21. The maximum absolute atomic E-state index is 13.6. The first kappa shape index (κ1) is 25.7. The molecule has 6 rings (SSSR count). The van der Waals surface area contributed by atoms with Gasteiger partial charge in [0.25, 0.3) is 5.91 Å². The lowest BCUT2D eigenvalue weighted by Crippen LogP contribution is -3.00. The molecule has 3 aliphatic heterocycles. The Balaban J connectivity index is 0.00000289. The molecule has 2 bridgehead atoms. The summed E-state index contributed by atoms with van der Waals surface area (Å²) in [5.74, 6) is -0.352. The summed E-state index contributed by atoms with van der Waals surface area (Å²) in [5.41, 5.74) is -1.03. The molecule has 2 aromatic rings. The minimum Gasteiger partial charge on any atom is -1.00 e. The molecule has 1 saturated carbocycles. The van der Waals surface area contributed by atoms with Crippen LogP contribution in [0, 0.1) is 11.8 Å². The van der Waals surface area contributed by atoms with Crippen molar-refractivity contribution in [2.24, 2.45) is 11.8 Å². The average Bonchev–Trinajstić information content (AvgIpc) is 3.40. The first-order valence-electron chi connectivity index (χ1n) is 12.2. The van der Waals surface area contributed by atoms with Gasteiger partial charge in [-0.2, -0.15) is 0 Å². The van der Waals surface area contributed by atoms with Crippen molar-refractivity contribution in [1.29, 1.82) is 0 Å². The Labute approximate surface area is 215 Å². The maximum atomic E-state index is 13.6. The Kier molecular flexibility index (Phi) is 7.83. The molecular weight excluding hydrogens is 514 g/mol. The van der Waals surface area contributed by atoms with Gasteiger partial charge in [-0.25, -0.2) is 19.7 Å². The second kappa shape index (κ2) is 10.7. The predicted molar refractivity (Wildman–Crippen MR) is 123 cm³/mol. The highest BCUT2D eigenvalue weighted by Gasteiger charge is 2.53. The molecule has 4 heterocycles. The van der Waals surface area contributed by atoms with Gasteiger partial charge in [-0.3, -0.25) is 10.1 Å². The molecule has 0 spiro atoms. The first-order chi connectivity index (χ1) is 16.5. The zero-order chi connectivity index (χ0) is 23.6.